The first-order valence-corrected chi connectivity index (χ1v) is 2.83. The molecule has 1 amide bonds. The maximum Gasteiger partial charge on any atom is 0.278 e. The predicted molar refractivity (Wildman–Crippen MR) is 32.7 cm³/mol. The Labute approximate surface area is 56.7 Å². The average molecular weight is 139 g/mol. The van der Waals surface area contributed by atoms with Gasteiger partial charge in [-0.2, -0.15) is 5.48 Å². The van der Waals surface area contributed by atoms with E-state index in [1.165, 1.54) is 6.08 Å². The van der Waals surface area contributed by atoms with Crippen LogP contribution in [0.25, 0.3) is 0 Å². The van der Waals surface area contributed by atoms with E-state index in [9.17, 15) is 4.79 Å². The molecule has 0 aromatic carbocycles. The van der Waals surface area contributed by atoms with E-state index < -0.39 is 0 Å². The Hall–Kier alpha value is -1.52. The fourth-order valence-corrected chi connectivity index (χ4v) is 0.817. The van der Waals surface area contributed by atoms with Crippen LogP contribution in [0.3, 0.4) is 0 Å². The van der Waals surface area contributed by atoms with Crippen LogP contribution in [0.4, 0.5) is 0 Å². The van der Waals surface area contributed by atoms with E-state index in [1.54, 1.807) is 0 Å². The van der Waals surface area contributed by atoms with Crippen molar-refractivity contribution >= 4 is 11.8 Å². The highest BCUT2D eigenvalue weighted by molar-refractivity contribution is 6.04. The number of rotatable bonds is 0. The number of hydroxylamine groups is 1. The lowest BCUT2D eigenvalue weighted by Crippen LogP contribution is -2.32. The van der Waals surface area contributed by atoms with Crippen LogP contribution in [-0.2, 0) is 9.63 Å². The van der Waals surface area contributed by atoms with Gasteiger partial charge < -0.3 is 10.2 Å². The molecule has 0 spiro atoms. The van der Waals surface area contributed by atoms with E-state index in [1.807, 2.05) is 0 Å². The first-order chi connectivity index (χ1) is 4.86. The third-order valence-corrected chi connectivity index (χ3v) is 1.25. The molecule has 2 heterocycles. The van der Waals surface area contributed by atoms with Crippen molar-refractivity contribution in [2.24, 2.45) is 4.99 Å². The van der Waals surface area contributed by atoms with E-state index >= 15 is 0 Å². The topological polar surface area (TPSA) is 62.7 Å². The van der Waals surface area contributed by atoms with Crippen molar-refractivity contribution in [3.8, 4) is 0 Å². The van der Waals surface area contributed by atoms with Crippen molar-refractivity contribution in [3.63, 3.8) is 0 Å². The monoisotopic (exact) mass is 139 g/mol. The molecule has 10 heavy (non-hydrogen) atoms. The van der Waals surface area contributed by atoms with Gasteiger partial charge in [-0.3, -0.25) is 4.79 Å². The van der Waals surface area contributed by atoms with Gasteiger partial charge in [0.25, 0.3) is 11.8 Å². The molecule has 0 saturated heterocycles. The van der Waals surface area contributed by atoms with Crippen molar-refractivity contribution in [1.82, 2.24) is 10.8 Å². The molecule has 0 atom stereocenters. The van der Waals surface area contributed by atoms with Crippen molar-refractivity contribution in [2.75, 3.05) is 6.67 Å². The van der Waals surface area contributed by atoms with Crippen LogP contribution < -0.4 is 10.8 Å². The highest BCUT2D eigenvalue weighted by atomic mass is 16.7. The molecule has 0 aromatic heterocycles. The molecule has 0 aliphatic carbocycles. The molecule has 0 aromatic rings. The Morgan fingerprint density at radius 3 is 3.50 bits per heavy atom. The molecule has 0 radical (unpaired) electrons. The fourth-order valence-electron chi connectivity index (χ4n) is 0.817. The number of nitrogens with one attached hydrogen (secondary N) is 2. The van der Waals surface area contributed by atoms with Crippen molar-refractivity contribution < 1.29 is 9.63 Å². The highest BCUT2D eigenvalue weighted by Gasteiger charge is 2.20. The quantitative estimate of drug-likeness (QED) is 0.447. The molecule has 2 N–H and O–H groups in total. The summed E-state index contributed by atoms with van der Waals surface area (Å²) in [4.78, 5) is 19.2. The number of carbonyl (C=O) groups is 1. The molecule has 5 nitrogen and oxygen atoms in total. The van der Waals surface area contributed by atoms with Crippen LogP contribution in [0.2, 0.25) is 0 Å². The van der Waals surface area contributed by atoms with Crippen LogP contribution in [0.15, 0.2) is 16.8 Å². The van der Waals surface area contributed by atoms with Crippen LogP contribution >= 0.6 is 0 Å². The average Bonchev–Trinajstić information content (AvgIpc) is 2.33. The van der Waals surface area contributed by atoms with E-state index in [-0.39, 0.29) is 5.91 Å². The molecule has 0 saturated carbocycles. The summed E-state index contributed by atoms with van der Waals surface area (Å²) in [6.45, 7) is 0.482. The zero-order valence-corrected chi connectivity index (χ0v) is 5.05. The molecule has 5 heteroatoms. The molecule has 0 fully saturated rings. The molecular formula is C5H5N3O2. The molecule has 2 aliphatic heterocycles. The molecule has 52 valence electrons. The fraction of sp³-hybridized carbons (Fsp3) is 0.200. The smallest absolute Gasteiger partial charge is 0.278 e. The second kappa shape index (κ2) is 1.73. The van der Waals surface area contributed by atoms with E-state index in [0.29, 0.717) is 18.3 Å². The van der Waals surface area contributed by atoms with Crippen LogP contribution in [0, 0.1) is 0 Å². The summed E-state index contributed by atoms with van der Waals surface area (Å²) in [5.74, 6) is 0.197. The van der Waals surface area contributed by atoms with Crippen molar-refractivity contribution in [1.29, 1.82) is 0 Å². The number of fused-ring (bicyclic) bond motifs is 1. The van der Waals surface area contributed by atoms with E-state index in [4.69, 9.17) is 4.84 Å². The van der Waals surface area contributed by atoms with Gasteiger partial charge in [0.2, 0.25) is 0 Å². The zero-order valence-electron chi connectivity index (χ0n) is 5.05. The minimum Gasteiger partial charge on any atom is -0.362 e. The third-order valence-electron chi connectivity index (χ3n) is 1.25. The maximum absolute atomic E-state index is 10.6. The lowest BCUT2D eigenvalue weighted by Gasteiger charge is -2.10. The second-order valence-electron chi connectivity index (χ2n) is 1.92. The van der Waals surface area contributed by atoms with Gasteiger partial charge in [-0.15, -0.1) is 0 Å². The zero-order chi connectivity index (χ0) is 6.97. The van der Waals surface area contributed by atoms with Gasteiger partial charge in [0.05, 0.1) is 0 Å². The summed E-state index contributed by atoms with van der Waals surface area (Å²) in [5, 5.41) is 2.86. The summed E-state index contributed by atoms with van der Waals surface area (Å²) in [6, 6.07) is 0. The predicted octanol–water partition coefficient (Wildman–Crippen LogP) is -1.11. The summed E-state index contributed by atoms with van der Waals surface area (Å²) >= 11 is 0. The highest BCUT2D eigenvalue weighted by Crippen LogP contribution is 2.05. The Kier molecular flexibility index (Phi) is 0.913. The molecule has 2 aliphatic rings. The number of amides is 1. The molecular weight excluding hydrogens is 134 g/mol. The summed E-state index contributed by atoms with van der Waals surface area (Å²) in [7, 11) is 0. The maximum atomic E-state index is 10.6. The Bertz CT molecular complexity index is 243. The number of nitrogens with zero attached hydrogens (tertiary/aromatic N) is 1. The number of carbonyl (C=O) groups excluding carboxylic acids is 1. The van der Waals surface area contributed by atoms with Gasteiger partial charge in [-0.25, -0.2) is 4.99 Å². The largest absolute Gasteiger partial charge is 0.362 e. The lowest BCUT2D eigenvalue weighted by atomic mass is 10.4. The first-order valence-electron chi connectivity index (χ1n) is 2.83. The van der Waals surface area contributed by atoms with Crippen LogP contribution in [0.5, 0.6) is 0 Å². The normalized spacial score (nSPS) is 21.4. The Balaban J connectivity index is 2.36. The van der Waals surface area contributed by atoms with Gasteiger partial charge >= 0.3 is 0 Å². The number of hydrogen-bond acceptors (Lipinski definition) is 4. The standard InChI is InChI=1S/C5H5N3O2/c9-4-1-3-5(10-8-4)7-2-6-3/h1,6H,2H2,(H,8,9). The summed E-state index contributed by atoms with van der Waals surface area (Å²) < 4.78 is 0. The summed E-state index contributed by atoms with van der Waals surface area (Å²) in [6.07, 6.45) is 1.41. The molecule has 2 rings (SSSR count). The summed E-state index contributed by atoms with van der Waals surface area (Å²) in [5.41, 5.74) is 2.82. The number of hydrogen-bond donors (Lipinski definition) is 2. The van der Waals surface area contributed by atoms with Gasteiger partial charge in [0.1, 0.15) is 12.4 Å². The first kappa shape index (κ1) is 5.28. The van der Waals surface area contributed by atoms with Crippen molar-refractivity contribution in [3.05, 3.63) is 11.8 Å². The Morgan fingerprint density at radius 1 is 1.70 bits per heavy atom. The number of aliphatic imine (C=N–C) groups is 1. The van der Waals surface area contributed by atoms with Gasteiger partial charge in [0, 0.05) is 6.08 Å². The molecule has 0 bridgehead atoms. The van der Waals surface area contributed by atoms with E-state index in [2.05, 4.69) is 15.8 Å². The minimum atomic E-state index is -0.261. The van der Waals surface area contributed by atoms with Crippen LogP contribution in [-0.4, -0.2) is 18.5 Å². The van der Waals surface area contributed by atoms with Crippen molar-refractivity contribution in [2.45, 2.75) is 0 Å². The Morgan fingerprint density at radius 2 is 2.60 bits per heavy atom. The van der Waals surface area contributed by atoms with E-state index in [0.717, 1.165) is 0 Å². The second-order valence-corrected chi connectivity index (χ2v) is 1.92. The van der Waals surface area contributed by atoms with Gasteiger partial charge in [-0.05, 0) is 0 Å². The minimum absolute atomic E-state index is 0.261. The van der Waals surface area contributed by atoms with Gasteiger partial charge in [0.15, 0.2) is 0 Å². The van der Waals surface area contributed by atoms with Crippen LogP contribution in [0.1, 0.15) is 0 Å². The lowest BCUT2D eigenvalue weighted by molar-refractivity contribution is -0.123. The van der Waals surface area contributed by atoms with Gasteiger partial charge in [-0.1, -0.05) is 0 Å². The SMILES string of the molecule is O=C1C=C2NCN=C2ON1. The third kappa shape index (κ3) is 0.637. The molecule has 0 unspecified atom stereocenters.